The van der Waals surface area contributed by atoms with E-state index in [1.807, 2.05) is 12.1 Å². The Hall–Kier alpha value is -1.51. The highest BCUT2D eigenvalue weighted by Crippen LogP contribution is 2.23. The Labute approximate surface area is 119 Å². The third-order valence-electron chi connectivity index (χ3n) is 3.05. The summed E-state index contributed by atoms with van der Waals surface area (Å²) in [5, 5.41) is 13.2. The molecule has 0 aliphatic heterocycles. The minimum absolute atomic E-state index is 0.128. The van der Waals surface area contributed by atoms with E-state index in [0.717, 1.165) is 18.5 Å². The summed E-state index contributed by atoms with van der Waals surface area (Å²) >= 11 is 5.88. The van der Waals surface area contributed by atoms with Crippen molar-refractivity contribution in [2.45, 2.75) is 25.9 Å². The maximum absolute atomic E-state index is 9.36. The second kappa shape index (κ2) is 6.60. The van der Waals surface area contributed by atoms with Crippen molar-refractivity contribution in [1.82, 2.24) is 5.32 Å². The van der Waals surface area contributed by atoms with Gasteiger partial charge in [0.25, 0.3) is 0 Å². The molecule has 0 saturated carbocycles. The first-order chi connectivity index (χ1) is 9.15. The van der Waals surface area contributed by atoms with E-state index < -0.39 is 0 Å². The SMILES string of the molecule is CC(Cc1ccccc1)NCc1ccc(O)c(Cl)c1. The molecule has 0 heterocycles. The summed E-state index contributed by atoms with van der Waals surface area (Å²) < 4.78 is 0. The van der Waals surface area contributed by atoms with E-state index >= 15 is 0 Å². The Bertz CT molecular complexity index is 528. The molecule has 100 valence electrons. The van der Waals surface area contributed by atoms with Gasteiger partial charge in [-0.1, -0.05) is 48.0 Å². The van der Waals surface area contributed by atoms with E-state index in [0.29, 0.717) is 11.1 Å². The molecule has 3 heteroatoms. The lowest BCUT2D eigenvalue weighted by atomic mass is 10.1. The number of hydrogen-bond acceptors (Lipinski definition) is 2. The topological polar surface area (TPSA) is 32.3 Å². The highest BCUT2D eigenvalue weighted by atomic mass is 35.5. The number of halogens is 1. The van der Waals surface area contributed by atoms with E-state index in [2.05, 4.69) is 36.5 Å². The number of benzene rings is 2. The first-order valence-corrected chi connectivity index (χ1v) is 6.77. The van der Waals surface area contributed by atoms with Crippen LogP contribution in [0.3, 0.4) is 0 Å². The zero-order chi connectivity index (χ0) is 13.7. The molecule has 19 heavy (non-hydrogen) atoms. The number of rotatable bonds is 5. The molecule has 1 atom stereocenters. The van der Waals surface area contributed by atoms with Crippen molar-refractivity contribution in [1.29, 1.82) is 0 Å². The molecule has 2 aromatic rings. The van der Waals surface area contributed by atoms with Crippen molar-refractivity contribution >= 4 is 11.6 Å². The van der Waals surface area contributed by atoms with Gasteiger partial charge in [-0.05, 0) is 36.6 Å². The van der Waals surface area contributed by atoms with Gasteiger partial charge in [0.2, 0.25) is 0 Å². The van der Waals surface area contributed by atoms with E-state index in [1.54, 1.807) is 12.1 Å². The maximum atomic E-state index is 9.36. The maximum Gasteiger partial charge on any atom is 0.134 e. The van der Waals surface area contributed by atoms with Crippen LogP contribution in [-0.4, -0.2) is 11.1 Å². The third-order valence-corrected chi connectivity index (χ3v) is 3.35. The lowest BCUT2D eigenvalue weighted by molar-refractivity contribution is 0.475. The third kappa shape index (κ3) is 4.27. The molecule has 0 saturated heterocycles. The van der Waals surface area contributed by atoms with Crippen molar-refractivity contribution in [2.75, 3.05) is 0 Å². The molecular formula is C16H18ClNO. The summed E-state index contributed by atoms with van der Waals surface area (Å²) in [6.45, 7) is 2.91. The van der Waals surface area contributed by atoms with Crippen LogP contribution < -0.4 is 5.32 Å². The second-order valence-electron chi connectivity index (χ2n) is 4.76. The number of nitrogens with one attached hydrogen (secondary N) is 1. The fourth-order valence-corrected chi connectivity index (χ4v) is 2.20. The smallest absolute Gasteiger partial charge is 0.134 e. The van der Waals surface area contributed by atoms with Crippen molar-refractivity contribution in [2.24, 2.45) is 0 Å². The average Bonchev–Trinajstić information content (AvgIpc) is 2.41. The van der Waals surface area contributed by atoms with Crippen LogP contribution in [0.5, 0.6) is 5.75 Å². The fourth-order valence-electron chi connectivity index (χ4n) is 1.99. The molecular weight excluding hydrogens is 258 g/mol. The van der Waals surface area contributed by atoms with Crippen molar-refractivity contribution < 1.29 is 5.11 Å². The quantitative estimate of drug-likeness (QED) is 0.871. The average molecular weight is 276 g/mol. The molecule has 0 spiro atoms. The van der Waals surface area contributed by atoms with Gasteiger partial charge in [-0.25, -0.2) is 0 Å². The van der Waals surface area contributed by atoms with Crippen LogP contribution in [0.15, 0.2) is 48.5 Å². The second-order valence-corrected chi connectivity index (χ2v) is 5.16. The highest BCUT2D eigenvalue weighted by molar-refractivity contribution is 6.32. The molecule has 1 unspecified atom stereocenters. The van der Waals surface area contributed by atoms with E-state index in [4.69, 9.17) is 11.6 Å². The molecule has 0 aromatic heterocycles. The molecule has 2 aromatic carbocycles. The Morgan fingerprint density at radius 1 is 1.11 bits per heavy atom. The van der Waals surface area contributed by atoms with E-state index in [9.17, 15) is 5.11 Å². The summed E-state index contributed by atoms with van der Waals surface area (Å²) in [5.74, 6) is 0.128. The summed E-state index contributed by atoms with van der Waals surface area (Å²) in [4.78, 5) is 0. The first kappa shape index (κ1) is 13.9. The number of phenolic OH excluding ortho intramolecular Hbond substituents is 1. The minimum atomic E-state index is 0.128. The predicted octanol–water partition coefficient (Wildman–Crippen LogP) is 3.77. The fraction of sp³-hybridized carbons (Fsp3) is 0.250. The Kier molecular flexibility index (Phi) is 4.83. The molecule has 2 N–H and O–H groups in total. The lowest BCUT2D eigenvalue weighted by Crippen LogP contribution is -2.27. The molecule has 2 rings (SSSR count). The Morgan fingerprint density at radius 3 is 2.53 bits per heavy atom. The Balaban J connectivity index is 1.86. The van der Waals surface area contributed by atoms with Crippen molar-refractivity contribution in [3.05, 3.63) is 64.7 Å². The molecule has 0 bridgehead atoms. The van der Waals surface area contributed by atoms with Gasteiger partial charge in [-0.3, -0.25) is 0 Å². The van der Waals surface area contributed by atoms with Crippen molar-refractivity contribution in [3.63, 3.8) is 0 Å². The van der Waals surface area contributed by atoms with Crippen LogP contribution >= 0.6 is 11.6 Å². The molecule has 0 fully saturated rings. The number of phenols is 1. The van der Waals surface area contributed by atoms with Gasteiger partial charge in [-0.2, -0.15) is 0 Å². The monoisotopic (exact) mass is 275 g/mol. The molecule has 0 radical (unpaired) electrons. The van der Waals surface area contributed by atoms with Crippen LogP contribution in [0.25, 0.3) is 0 Å². The summed E-state index contributed by atoms with van der Waals surface area (Å²) in [6, 6.07) is 16.1. The van der Waals surface area contributed by atoms with Gasteiger partial charge in [0, 0.05) is 12.6 Å². The summed E-state index contributed by atoms with van der Waals surface area (Å²) in [6.07, 6.45) is 0.993. The van der Waals surface area contributed by atoms with Gasteiger partial charge < -0.3 is 10.4 Å². The highest BCUT2D eigenvalue weighted by Gasteiger charge is 2.04. The van der Waals surface area contributed by atoms with Gasteiger partial charge in [-0.15, -0.1) is 0 Å². The zero-order valence-electron chi connectivity index (χ0n) is 10.9. The van der Waals surface area contributed by atoms with Crippen LogP contribution in [0, 0.1) is 0 Å². The number of aromatic hydroxyl groups is 1. The van der Waals surface area contributed by atoms with E-state index in [1.165, 1.54) is 5.56 Å². The minimum Gasteiger partial charge on any atom is -0.506 e. The normalized spacial score (nSPS) is 12.3. The Morgan fingerprint density at radius 2 is 1.84 bits per heavy atom. The van der Waals surface area contributed by atoms with Crippen LogP contribution in [0.4, 0.5) is 0 Å². The van der Waals surface area contributed by atoms with Gasteiger partial charge >= 0.3 is 0 Å². The first-order valence-electron chi connectivity index (χ1n) is 6.40. The van der Waals surface area contributed by atoms with Crippen molar-refractivity contribution in [3.8, 4) is 5.75 Å². The summed E-state index contributed by atoms with van der Waals surface area (Å²) in [5.41, 5.74) is 2.40. The van der Waals surface area contributed by atoms with E-state index in [-0.39, 0.29) is 5.75 Å². The number of hydrogen-bond donors (Lipinski definition) is 2. The molecule has 2 nitrogen and oxygen atoms in total. The molecule has 0 aliphatic rings. The van der Waals surface area contributed by atoms with Gasteiger partial charge in [0.05, 0.1) is 5.02 Å². The molecule has 0 aliphatic carbocycles. The van der Waals surface area contributed by atoms with Gasteiger partial charge in [0.15, 0.2) is 0 Å². The summed E-state index contributed by atoms with van der Waals surface area (Å²) in [7, 11) is 0. The van der Waals surface area contributed by atoms with Crippen LogP contribution in [0.2, 0.25) is 5.02 Å². The standard InChI is InChI=1S/C16H18ClNO/c1-12(9-13-5-3-2-4-6-13)18-11-14-7-8-16(19)15(17)10-14/h2-8,10,12,18-19H,9,11H2,1H3. The lowest BCUT2D eigenvalue weighted by Gasteiger charge is -2.14. The zero-order valence-corrected chi connectivity index (χ0v) is 11.7. The van der Waals surface area contributed by atoms with Crippen LogP contribution in [-0.2, 0) is 13.0 Å². The largest absolute Gasteiger partial charge is 0.506 e. The molecule has 0 amide bonds. The predicted molar refractivity (Wildman–Crippen MR) is 79.6 cm³/mol. The van der Waals surface area contributed by atoms with Gasteiger partial charge in [0.1, 0.15) is 5.75 Å². The van der Waals surface area contributed by atoms with Crippen LogP contribution in [0.1, 0.15) is 18.1 Å².